The summed E-state index contributed by atoms with van der Waals surface area (Å²) in [5.41, 5.74) is 1.89. The third-order valence-electron chi connectivity index (χ3n) is 7.58. The molecule has 0 bridgehead atoms. The second kappa shape index (κ2) is 12.0. The van der Waals surface area contributed by atoms with Crippen molar-refractivity contribution in [1.29, 1.82) is 0 Å². The maximum Gasteiger partial charge on any atom is 0.410 e. The Bertz CT molecular complexity index is 1530. The third kappa shape index (κ3) is 5.89. The van der Waals surface area contributed by atoms with Crippen LogP contribution < -0.4 is 0 Å². The van der Waals surface area contributed by atoms with Crippen LogP contribution >= 0.6 is 15.9 Å². The highest BCUT2D eigenvalue weighted by Gasteiger charge is 2.37. The lowest BCUT2D eigenvalue weighted by Gasteiger charge is -2.28. The molecule has 11 heteroatoms. The second-order valence-corrected chi connectivity index (χ2v) is 13.6. The average Bonchev–Trinajstić information content (AvgIpc) is 3.65. The first kappa shape index (κ1) is 31.4. The lowest BCUT2D eigenvalue weighted by atomic mass is 10.1. The van der Waals surface area contributed by atoms with Crippen LogP contribution in [-0.2, 0) is 20.3 Å². The first-order valence-electron chi connectivity index (χ1n) is 14.2. The molecule has 3 atom stereocenters. The van der Waals surface area contributed by atoms with Gasteiger partial charge in [-0.15, -0.1) is 0 Å². The lowest BCUT2D eigenvalue weighted by molar-refractivity contribution is -0.129. The number of rotatable bonds is 3. The van der Waals surface area contributed by atoms with Gasteiger partial charge in [-0.3, -0.25) is 9.00 Å². The number of pyridine rings is 1. The Morgan fingerprint density at radius 1 is 1.15 bits per heavy atom. The zero-order valence-corrected chi connectivity index (χ0v) is 27.5. The summed E-state index contributed by atoms with van der Waals surface area (Å²) < 4.78 is 36.7. The zero-order chi connectivity index (χ0) is 30.4. The third-order valence-corrected chi connectivity index (χ3v) is 9.41. The van der Waals surface area contributed by atoms with Gasteiger partial charge < -0.3 is 19.1 Å². The molecule has 0 saturated carbocycles. The van der Waals surface area contributed by atoms with Crippen molar-refractivity contribution in [1.82, 2.24) is 19.4 Å². The fraction of sp³-hybridized carbons (Fsp3) is 0.567. The number of carbonyl (C=O) groups is 2. The SMILES string of the molecule is CC.CC(=O)N1CCCC1c1cc2c(S(C)=O)nc3c(F)c(Br)c(C)cc3c2n1C1CCN(C(=O)OC(C)(C)C)C1. The predicted molar refractivity (Wildman–Crippen MR) is 164 cm³/mol. The number of hydrogen-bond donors (Lipinski definition) is 0. The summed E-state index contributed by atoms with van der Waals surface area (Å²) in [5.74, 6) is -0.509. The summed E-state index contributed by atoms with van der Waals surface area (Å²) in [7, 11) is -1.49. The molecule has 4 heterocycles. The van der Waals surface area contributed by atoms with Gasteiger partial charge in [0.05, 0.1) is 32.9 Å². The lowest BCUT2D eigenvalue weighted by Crippen LogP contribution is -2.35. The summed E-state index contributed by atoms with van der Waals surface area (Å²) in [5, 5.41) is 1.61. The van der Waals surface area contributed by atoms with Gasteiger partial charge in [-0.05, 0) is 80.6 Å². The van der Waals surface area contributed by atoms with Crippen molar-refractivity contribution in [3.05, 3.63) is 33.7 Å². The maximum absolute atomic E-state index is 15.6. The van der Waals surface area contributed by atoms with E-state index in [0.29, 0.717) is 46.3 Å². The average molecular weight is 652 g/mol. The van der Waals surface area contributed by atoms with E-state index < -0.39 is 22.2 Å². The van der Waals surface area contributed by atoms with E-state index in [0.717, 1.165) is 29.6 Å². The van der Waals surface area contributed by atoms with Crippen LogP contribution in [-0.4, -0.2) is 67.1 Å². The van der Waals surface area contributed by atoms with E-state index in [4.69, 9.17) is 4.74 Å². The van der Waals surface area contributed by atoms with Gasteiger partial charge in [0.2, 0.25) is 5.91 Å². The molecule has 2 amide bonds. The molecule has 0 N–H and O–H groups in total. The van der Waals surface area contributed by atoms with Gasteiger partial charge in [0.15, 0.2) is 5.82 Å². The van der Waals surface area contributed by atoms with E-state index in [-0.39, 0.29) is 29.6 Å². The number of likely N-dealkylation sites (tertiary alicyclic amines) is 2. The Balaban J connectivity index is 0.00000189. The molecule has 0 radical (unpaired) electrons. The number of carbonyl (C=O) groups excluding carboxylic acids is 2. The zero-order valence-electron chi connectivity index (χ0n) is 25.1. The molecule has 2 saturated heterocycles. The molecular formula is C30H40BrFN4O4S. The molecular weight excluding hydrogens is 611 g/mol. The number of halogens is 2. The summed E-state index contributed by atoms with van der Waals surface area (Å²) in [6.45, 7) is 14.5. The second-order valence-electron chi connectivity index (χ2n) is 11.5. The highest BCUT2D eigenvalue weighted by molar-refractivity contribution is 9.10. The van der Waals surface area contributed by atoms with E-state index >= 15 is 4.39 Å². The fourth-order valence-electron chi connectivity index (χ4n) is 5.94. The van der Waals surface area contributed by atoms with Gasteiger partial charge in [0.25, 0.3) is 0 Å². The number of aromatic nitrogens is 2. The number of aryl methyl sites for hydroxylation is 1. The van der Waals surface area contributed by atoms with E-state index in [1.807, 2.05) is 58.6 Å². The van der Waals surface area contributed by atoms with Crippen LogP contribution in [0.2, 0.25) is 0 Å². The van der Waals surface area contributed by atoms with Crippen LogP contribution in [0.15, 0.2) is 21.6 Å². The molecule has 1 aromatic carbocycles. The molecule has 8 nitrogen and oxygen atoms in total. The Hall–Kier alpha value is -2.53. The number of nitrogens with zero attached hydrogens (tertiary/aromatic N) is 4. The van der Waals surface area contributed by atoms with Crippen LogP contribution in [0.25, 0.3) is 21.8 Å². The molecule has 0 aliphatic carbocycles. The van der Waals surface area contributed by atoms with Crippen molar-refractivity contribution in [3.8, 4) is 0 Å². The molecule has 5 rings (SSSR count). The van der Waals surface area contributed by atoms with Crippen molar-refractivity contribution in [2.24, 2.45) is 0 Å². The maximum atomic E-state index is 15.6. The fourth-order valence-corrected chi connectivity index (χ4v) is 6.93. The Morgan fingerprint density at radius 3 is 2.44 bits per heavy atom. The Kier molecular flexibility index (Phi) is 9.18. The van der Waals surface area contributed by atoms with Gasteiger partial charge in [-0.25, -0.2) is 14.2 Å². The number of ether oxygens (including phenoxy) is 1. The monoisotopic (exact) mass is 650 g/mol. The van der Waals surface area contributed by atoms with Gasteiger partial charge in [0.1, 0.15) is 16.1 Å². The number of amides is 2. The van der Waals surface area contributed by atoms with E-state index in [1.165, 1.54) is 0 Å². The van der Waals surface area contributed by atoms with Crippen molar-refractivity contribution >= 4 is 60.5 Å². The summed E-state index contributed by atoms with van der Waals surface area (Å²) >= 11 is 3.34. The van der Waals surface area contributed by atoms with Crippen LogP contribution in [0.5, 0.6) is 0 Å². The van der Waals surface area contributed by atoms with Gasteiger partial charge >= 0.3 is 6.09 Å². The number of fused-ring (bicyclic) bond motifs is 3. The van der Waals surface area contributed by atoms with Crippen molar-refractivity contribution < 1.29 is 22.9 Å². The van der Waals surface area contributed by atoms with E-state index in [9.17, 15) is 13.8 Å². The van der Waals surface area contributed by atoms with E-state index in [1.54, 1.807) is 18.1 Å². The summed E-state index contributed by atoms with van der Waals surface area (Å²) in [6, 6.07) is 3.56. The molecule has 2 aromatic heterocycles. The summed E-state index contributed by atoms with van der Waals surface area (Å²) in [4.78, 5) is 33.7. The van der Waals surface area contributed by atoms with E-state index in [2.05, 4.69) is 25.5 Å². The summed E-state index contributed by atoms with van der Waals surface area (Å²) in [6.07, 6.45) is 3.49. The van der Waals surface area contributed by atoms with Crippen molar-refractivity contribution in [2.75, 3.05) is 25.9 Å². The van der Waals surface area contributed by atoms with Crippen LogP contribution in [0.3, 0.4) is 0 Å². The standard InChI is InChI=1S/C28H34BrFN4O4S.C2H6/c1-15-12-18-24(23(30)22(15)29)31-26(39(6)37)19-13-21(20-8-7-10-33(20)16(2)35)34(25(18)19)17-9-11-32(14-17)27(36)38-28(3,4)5;1-2/h12-13,17,20H,7-11,14H2,1-6H3;1-2H3. The van der Waals surface area contributed by atoms with Crippen molar-refractivity contribution in [2.45, 2.75) is 90.4 Å². The quantitative estimate of drug-likeness (QED) is 0.304. The highest BCUT2D eigenvalue weighted by Crippen LogP contribution is 2.43. The molecule has 0 spiro atoms. The largest absolute Gasteiger partial charge is 0.444 e. The van der Waals surface area contributed by atoms with Gasteiger partial charge in [-0.1, -0.05) is 13.8 Å². The van der Waals surface area contributed by atoms with Gasteiger partial charge in [-0.2, -0.15) is 0 Å². The molecule has 3 aromatic rings. The smallest absolute Gasteiger partial charge is 0.410 e. The molecule has 2 fully saturated rings. The normalized spacial score (nSPS) is 20.0. The first-order valence-corrected chi connectivity index (χ1v) is 16.5. The minimum absolute atomic E-state index is 0.01000. The van der Waals surface area contributed by atoms with Crippen molar-refractivity contribution in [3.63, 3.8) is 0 Å². The Morgan fingerprint density at radius 2 is 1.83 bits per heavy atom. The first-order chi connectivity index (χ1) is 19.3. The highest BCUT2D eigenvalue weighted by atomic mass is 79.9. The minimum atomic E-state index is -1.49. The minimum Gasteiger partial charge on any atom is -0.444 e. The number of benzene rings is 1. The van der Waals surface area contributed by atoms with Crippen LogP contribution in [0.4, 0.5) is 9.18 Å². The topological polar surface area (TPSA) is 84.7 Å². The molecule has 41 heavy (non-hydrogen) atoms. The Labute approximate surface area is 252 Å². The molecule has 2 aliphatic rings. The van der Waals surface area contributed by atoms with Crippen LogP contribution in [0.1, 0.15) is 84.1 Å². The van der Waals surface area contributed by atoms with Crippen LogP contribution in [0, 0.1) is 12.7 Å². The molecule has 3 unspecified atom stereocenters. The predicted octanol–water partition coefficient (Wildman–Crippen LogP) is 7.03. The molecule has 2 aliphatic heterocycles. The molecule has 224 valence electrons. The van der Waals surface area contributed by atoms with Gasteiger partial charge in [0, 0.05) is 49.3 Å². The number of hydrogen-bond acceptors (Lipinski definition) is 5.